The molecular weight excluding hydrogens is 279 g/mol. The largest absolute Gasteiger partial charge is 0.493 e. The van der Waals surface area contributed by atoms with Crippen LogP contribution in [0.3, 0.4) is 0 Å². The van der Waals surface area contributed by atoms with E-state index in [-0.39, 0.29) is 12.0 Å². The summed E-state index contributed by atoms with van der Waals surface area (Å²) in [6, 6.07) is 3.75. The zero-order valence-corrected chi connectivity index (χ0v) is 11.8. The number of esters is 1. The molecule has 0 saturated heterocycles. The van der Waals surface area contributed by atoms with Gasteiger partial charge in [0.2, 0.25) is 0 Å². The highest BCUT2D eigenvalue weighted by atomic mass is 19.1. The SMILES string of the molecule is COC(=O)CC(O)C(O)c1cc(F)ccc1OCC1CC1. The number of rotatable bonds is 7. The number of hydrogen-bond acceptors (Lipinski definition) is 5. The van der Waals surface area contributed by atoms with Crippen LogP contribution in [0.4, 0.5) is 4.39 Å². The van der Waals surface area contributed by atoms with Gasteiger partial charge in [-0.15, -0.1) is 0 Å². The number of carbonyl (C=O) groups is 1. The van der Waals surface area contributed by atoms with Gasteiger partial charge in [0, 0.05) is 5.56 Å². The lowest BCUT2D eigenvalue weighted by molar-refractivity contribution is -0.144. The van der Waals surface area contributed by atoms with Crippen molar-refractivity contribution in [3.63, 3.8) is 0 Å². The number of halogens is 1. The molecule has 6 heteroatoms. The number of methoxy groups -OCH3 is 1. The fraction of sp³-hybridized carbons (Fsp3) is 0.533. The highest BCUT2D eigenvalue weighted by Crippen LogP contribution is 2.33. The Morgan fingerprint density at radius 3 is 2.76 bits per heavy atom. The summed E-state index contributed by atoms with van der Waals surface area (Å²) in [5.74, 6) is -0.383. The molecule has 21 heavy (non-hydrogen) atoms. The van der Waals surface area contributed by atoms with Gasteiger partial charge in [-0.2, -0.15) is 0 Å². The van der Waals surface area contributed by atoms with Crippen LogP contribution >= 0.6 is 0 Å². The Morgan fingerprint density at radius 1 is 1.43 bits per heavy atom. The minimum atomic E-state index is -1.42. The monoisotopic (exact) mass is 298 g/mol. The molecule has 1 aliphatic carbocycles. The molecule has 1 aromatic rings. The van der Waals surface area contributed by atoms with Crippen LogP contribution in [-0.4, -0.2) is 36.0 Å². The van der Waals surface area contributed by atoms with Crippen molar-refractivity contribution < 1.29 is 28.9 Å². The lowest BCUT2D eigenvalue weighted by Gasteiger charge is -2.20. The van der Waals surface area contributed by atoms with Crippen molar-refractivity contribution in [3.05, 3.63) is 29.6 Å². The Morgan fingerprint density at radius 2 is 2.14 bits per heavy atom. The summed E-state index contributed by atoms with van der Waals surface area (Å²) in [5.41, 5.74) is 0.132. The fourth-order valence-electron chi connectivity index (χ4n) is 1.95. The molecule has 2 unspecified atom stereocenters. The highest BCUT2D eigenvalue weighted by Gasteiger charge is 2.27. The first-order valence-corrected chi connectivity index (χ1v) is 6.86. The fourth-order valence-corrected chi connectivity index (χ4v) is 1.95. The minimum absolute atomic E-state index is 0.132. The van der Waals surface area contributed by atoms with Crippen LogP contribution in [0.1, 0.15) is 30.9 Å². The Labute approximate surface area is 122 Å². The van der Waals surface area contributed by atoms with E-state index < -0.39 is 24.0 Å². The molecule has 2 atom stereocenters. The first-order valence-electron chi connectivity index (χ1n) is 6.86. The molecule has 0 bridgehead atoms. The van der Waals surface area contributed by atoms with E-state index in [9.17, 15) is 19.4 Å². The maximum Gasteiger partial charge on any atom is 0.308 e. The standard InChI is InChI=1S/C15H19FO5/c1-20-14(18)7-12(17)15(19)11-6-10(16)4-5-13(11)21-8-9-2-3-9/h4-6,9,12,15,17,19H,2-3,7-8H2,1H3. The van der Waals surface area contributed by atoms with Crippen LogP contribution in [-0.2, 0) is 9.53 Å². The number of ether oxygens (including phenoxy) is 2. The first-order chi connectivity index (χ1) is 10.0. The van der Waals surface area contributed by atoms with Gasteiger partial charge in [0.25, 0.3) is 0 Å². The van der Waals surface area contributed by atoms with Crippen molar-refractivity contribution >= 4 is 5.97 Å². The van der Waals surface area contributed by atoms with Crippen LogP contribution in [0.5, 0.6) is 5.75 Å². The van der Waals surface area contributed by atoms with Crippen LogP contribution in [0, 0.1) is 11.7 Å². The lowest BCUT2D eigenvalue weighted by Crippen LogP contribution is -2.23. The second-order valence-electron chi connectivity index (χ2n) is 5.23. The summed E-state index contributed by atoms with van der Waals surface area (Å²) in [5, 5.41) is 20.0. The van der Waals surface area contributed by atoms with E-state index in [1.54, 1.807) is 0 Å². The molecule has 2 N–H and O–H groups in total. The molecule has 0 aliphatic heterocycles. The van der Waals surface area contributed by atoms with E-state index in [1.807, 2.05) is 0 Å². The third-order valence-electron chi connectivity index (χ3n) is 3.43. The van der Waals surface area contributed by atoms with E-state index in [0.717, 1.165) is 18.9 Å². The molecule has 0 spiro atoms. The highest BCUT2D eigenvalue weighted by molar-refractivity contribution is 5.69. The maximum absolute atomic E-state index is 13.4. The van der Waals surface area contributed by atoms with E-state index in [1.165, 1.54) is 19.2 Å². The molecule has 1 saturated carbocycles. The van der Waals surface area contributed by atoms with Gasteiger partial charge in [0.05, 0.1) is 26.2 Å². The van der Waals surface area contributed by atoms with Crippen LogP contribution in [0.2, 0.25) is 0 Å². The topological polar surface area (TPSA) is 76.0 Å². The molecular formula is C15H19FO5. The normalized spacial score (nSPS) is 17.1. The van der Waals surface area contributed by atoms with Crippen molar-refractivity contribution in [2.24, 2.45) is 5.92 Å². The average Bonchev–Trinajstić information content (AvgIpc) is 3.29. The third kappa shape index (κ3) is 4.41. The van der Waals surface area contributed by atoms with Crippen LogP contribution in [0.25, 0.3) is 0 Å². The van der Waals surface area contributed by atoms with Gasteiger partial charge < -0.3 is 19.7 Å². The number of aliphatic hydroxyl groups excluding tert-OH is 2. The van der Waals surface area contributed by atoms with E-state index >= 15 is 0 Å². The molecule has 0 amide bonds. The number of aliphatic hydroxyl groups is 2. The second-order valence-corrected chi connectivity index (χ2v) is 5.23. The molecule has 0 radical (unpaired) electrons. The van der Waals surface area contributed by atoms with Gasteiger partial charge in [0.15, 0.2) is 0 Å². The van der Waals surface area contributed by atoms with Gasteiger partial charge >= 0.3 is 5.97 Å². The molecule has 0 heterocycles. The Hall–Kier alpha value is -1.66. The molecule has 116 valence electrons. The summed E-state index contributed by atoms with van der Waals surface area (Å²) in [7, 11) is 1.19. The van der Waals surface area contributed by atoms with Crippen molar-refractivity contribution in [3.8, 4) is 5.75 Å². The molecule has 5 nitrogen and oxygen atoms in total. The lowest BCUT2D eigenvalue weighted by atomic mass is 10.0. The predicted molar refractivity (Wildman–Crippen MR) is 72.2 cm³/mol. The van der Waals surface area contributed by atoms with Gasteiger partial charge in [-0.3, -0.25) is 4.79 Å². The first kappa shape index (κ1) is 15.7. The smallest absolute Gasteiger partial charge is 0.308 e. The number of carbonyl (C=O) groups excluding carboxylic acids is 1. The molecule has 2 rings (SSSR count). The third-order valence-corrected chi connectivity index (χ3v) is 3.43. The quantitative estimate of drug-likeness (QED) is 0.747. The van der Waals surface area contributed by atoms with E-state index in [0.29, 0.717) is 18.3 Å². The summed E-state index contributed by atoms with van der Waals surface area (Å²) in [6.07, 6.45) is -0.985. The predicted octanol–water partition coefficient (Wildman–Crippen LogP) is 1.57. The van der Waals surface area contributed by atoms with Crippen molar-refractivity contribution in [1.29, 1.82) is 0 Å². The van der Waals surface area contributed by atoms with Gasteiger partial charge in [0.1, 0.15) is 17.7 Å². The molecule has 0 aromatic heterocycles. The van der Waals surface area contributed by atoms with Crippen LogP contribution < -0.4 is 4.74 Å². The van der Waals surface area contributed by atoms with Gasteiger partial charge in [-0.25, -0.2) is 4.39 Å². The number of hydrogen-bond donors (Lipinski definition) is 2. The molecule has 1 fully saturated rings. The van der Waals surface area contributed by atoms with Gasteiger partial charge in [-0.05, 0) is 37.0 Å². The molecule has 1 aliphatic rings. The zero-order chi connectivity index (χ0) is 15.4. The number of benzene rings is 1. The molecule has 1 aromatic carbocycles. The summed E-state index contributed by atoms with van der Waals surface area (Å²) < 4.78 is 23.4. The Kier molecular flexibility index (Phi) is 5.14. The Bertz CT molecular complexity index is 501. The zero-order valence-electron chi connectivity index (χ0n) is 11.8. The van der Waals surface area contributed by atoms with Crippen LogP contribution in [0.15, 0.2) is 18.2 Å². The van der Waals surface area contributed by atoms with E-state index in [4.69, 9.17) is 4.74 Å². The maximum atomic E-state index is 13.4. The van der Waals surface area contributed by atoms with E-state index in [2.05, 4.69) is 4.74 Å². The minimum Gasteiger partial charge on any atom is -0.493 e. The second kappa shape index (κ2) is 6.87. The van der Waals surface area contributed by atoms with Crippen molar-refractivity contribution in [2.45, 2.75) is 31.5 Å². The van der Waals surface area contributed by atoms with Crippen molar-refractivity contribution in [2.75, 3.05) is 13.7 Å². The summed E-state index contributed by atoms with van der Waals surface area (Å²) >= 11 is 0. The Balaban J connectivity index is 2.10. The average molecular weight is 298 g/mol. The summed E-state index contributed by atoms with van der Waals surface area (Å²) in [6.45, 7) is 0.498. The van der Waals surface area contributed by atoms with Gasteiger partial charge in [-0.1, -0.05) is 0 Å². The van der Waals surface area contributed by atoms with Crippen molar-refractivity contribution in [1.82, 2.24) is 0 Å². The summed E-state index contributed by atoms with van der Waals surface area (Å²) in [4.78, 5) is 11.1.